The molecule has 3 fully saturated rings. The normalized spacial score (nSPS) is 42.3. The molecule has 3 N–H and O–H groups in total. The van der Waals surface area contributed by atoms with Crippen molar-refractivity contribution in [3.63, 3.8) is 0 Å². The molecule has 0 bridgehead atoms. The maximum atomic E-state index is 11.7. The van der Waals surface area contributed by atoms with Gasteiger partial charge in [0.25, 0.3) is 0 Å². The summed E-state index contributed by atoms with van der Waals surface area (Å²) >= 11 is 0. The number of fused-ring (bicyclic) bond motifs is 1. The molecule has 82 valence electrons. The molecule has 0 aromatic rings. The van der Waals surface area contributed by atoms with Crippen LogP contribution in [0.4, 0.5) is 0 Å². The van der Waals surface area contributed by atoms with Crippen LogP contribution >= 0.6 is 0 Å². The zero-order chi connectivity index (χ0) is 10.4. The second-order valence-electron chi connectivity index (χ2n) is 4.68. The summed E-state index contributed by atoms with van der Waals surface area (Å²) in [5.74, 6) is 1.25. The van der Waals surface area contributed by atoms with Gasteiger partial charge >= 0.3 is 0 Å². The molecule has 2 saturated heterocycles. The lowest BCUT2D eigenvalue weighted by Crippen LogP contribution is -2.44. The van der Waals surface area contributed by atoms with Crippen molar-refractivity contribution in [2.75, 3.05) is 13.1 Å². The zero-order valence-electron chi connectivity index (χ0n) is 8.45. The predicted octanol–water partition coefficient (Wildman–Crippen LogP) is -1.40. The lowest BCUT2D eigenvalue weighted by molar-refractivity contribution is -0.126. The van der Waals surface area contributed by atoms with Gasteiger partial charge in [0.05, 0.1) is 0 Å². The van der Waals surface area contributed by atoms with Crippen LogP contribution in [0.25, 0.3) is 0 Å². The lowest BCUT2D eigenvalue weighted by Gasteiger charge is -2.12. The molecular weight excluding hydrogens is 194 g/mol. The SMILES string of the molecule is O=C1CC[C@H](C(=O)NC2C3CNCC32)N1. The maximum absolute atomic E-state index is 11.7. The first-order valence-electron chi connectivity index (χ1n) is 5.56. The zero-order valence-corrected chi connectivity index (χ0v) is 8.45. The van der Waals surface area contributed by atoms with E-state index in [0.717, 1.165) is 13.1 Å². The number of carbonyl (C=O) groups excluding carboxylic acids is 2. The van der Waals surface area contributed by atoms with Crippen LogP contribution in [0.3, 0.4) is 0 Å². The van der Waals surface area contributed by atoms with Crippen molar-refractivity contribution in [2.45, 2.75) is 24.9 Å². The first-order valence-corrected chi connectivity index (χ1v) is 5.56. The Labute approximate surface area is 88.0 Å². The van der Waals surface area contributed by atoms with E-state index in [-0.39, 0.29) is 17.9 Å². The molecule has 0 radical (unpaired) electrons. The standard InChI is InChI=1S/C10H15N3O2/c14-8-2-1-7(12-8)10(15)13-9-5-3-11-4-6(5)9/h5-7,9,11H,1-4H2,(H,12,14)(H,13,15)/t5?,6?,7-,9?/m1/s1. The fraction of sp³-hybridized carbons (Fsp3) is 0.800. The van der Waals surface area contributed by atoms with Crippen LogP contribution in [-0.4, -0.2) is 37.0 Å². The third-order valence-electron chi connectivity index (χ3n) is 3.71. The van der Waals surface area contributed by atoms with Crippen molar-refractivity contribution in [3.8, 4) is 0 Å². The Balaban J connectivity index is 1.52. The Hall–Kier alpha value is -1.10. The third kappa shape index (κ3) is 1.51. The van der Waals surface area contributed by atoms with E-state index >= 15 is 0 Å². The second kappa shape index (κ2) is 3.20. The summed E-state index contributed by atoms with van der Waals surface area (Å²) < 4.78 is 0. The monoisotopic (exact) mass is 209 g/mol. The Kier molecular flexibility index (Phi) is 1.95. The van der Waals surface area contributed by atoms with Crippen molar-refractivity contribution in [2.24, 2.45) is 11.8 Å². The molecular formula is C10H15N3O2. The van der Waals surface area contributed by atoms with Gasteiger partial charge in [0.15, 0.2) is 0 Å². The van der Waals surface area contributed by atoms with Gasteiger partial charge in [-0.15, -0.1) is 0 Å². The van der Waals surface area contributed by atoms with Crippen LogP contribution in [0.5, 0.6) is 0 Å². The van der Waals surface area contributed by atoms with Crippen LogP contribution in [0.1, 0.15) is 12.8 Å². The van der Waals surface area contributed by atoms with Crippen LogP contribution in [0.2, 0.25) is 0 Å². The van der Waals surface area contributed by atoms with Crippen LogP contribution in [-0.2, 0) is 9.59 Å². The minimum Gasteiger partial charge on any atom is -0.351 e. The highest BCUT2D eigenvalue weighted by Crippen LogP contribution is 2.41. The summed E-state index contributed by atoms with van der Waals surface area (Å²) in [6, 6.07) is 0.0723. The molecule has 0 spiro atoms. The summed E-state index contributed by atoms with van der Waals surface area (Å²) in [5.41, 5.74) is 0. The fourth-order valence-electron chi connectivity index (χ4n) is 2.71. The topological polar surface area (TPSA) is 70.2 Å². The van der Waals surface area contributed by atoms with Gasteiger partial charge in [-0.25, -0.2) is 0 Å². The van der Waals surface area contributed by atoms with Crippen LogP contribution in [0.15, 0.2) is 0 Å². The van der Waals surface area contributed by atoms with Gasteiger partial charge in [0.2, 0.25) is 11.8 Å². The van der Waals surface area contributed by atoms with Gasteiger partial charge in [0.1, 0.15) is 6.04 Å². The molecule has 2 heterocycles. The molecule has 3 rings (SSSR count). The quantitative estimate of drug-likeness (QED) is 0.524. The number of hydrogen-bond donors (Lipinski definition) is 3. The number of piperidine rings is 1. The maximum Gasteiger partial charge on any atom is 0.242 e. The Morgan fingerprint density at radius 2 is 2.07 bits per heavy atom. The number of amides is 2. The van der Waals surface area contributed by atoms with Gasteiger partial charge in [-0.3, -0.25) is 9.59 Å². The smallest absolute Gasteiger partial charge is 0.242 e. The number of carbonyl (C=O) groups is 2. The van der Waals surface area contributed by atoms with Crippen molar-refractivity contribution >= 4 is 11.8 Å². The fourth-order valence-corrected chi connectivity index (χ4v) is 2.71. The van der Waals surface area contributed by atoms with E-state index in [1.807, 2.05) is 0 Å². The van der Waals surface area contributed by atoms with Crippen LogP contribution in [0, 0.1) is 11.8 Å². The molecule has 0 aromatic carbocycles. The summed E-state index contributed by atoms with van der Waals surface area (Å²) in [5, 5.41) is 8.99. The van der Waals surface area contributed by atoms with E-state index in [2.05, 4.69) is 16.0 Å². The average Bonchev–Trinajstić information content (AvgIpc) is 2.66. The highest BCUT2D eigenvalue weighted by Gasteiger charge is 2.54. The van der Waals surface area contributed by atoms with Gasteiger partial charge < -0.3 is 16.0 Å². The number of hydrogen-bond acceptors (Lipinski definition) is 3. The highest BCUT2D eigenvalue weighted by molar-refractivity contribution is 5.91. The summed E-state index contributed by atoms with van der Waals surface area (Å²) in [7, 11) is 0. The molecule has 3 atom stereocenters. The summed E-state index contributed by atoms with van der Waals surface area (Å²) in [4.78, 5) is 22.7. The summed E-state index contributed by atoms with van der Waals surface area (Å²) in [6.45, 7) is 2.04. The largest absolute Gasteiger partial charge is 0.351 e. The predicted molar refractivity (Wildman–Crippen MR) is 52.9 cm³/mol. The molecule has 5 heteroatoms. The second-order valence-corrected chi connectivity index (χ2v) is 4.68. The first kappa shape index (κ1) is 9.15. The van der Waals surface area contributed by atoms with Crippen molar-refractivity contribution in [3.05, 3.63) is 0 Å². The van der Waals surface area contributed by atoms with E-state index in [9.17, 15) is 9.59 Å². The first-order chi connectivity index (χ1) is 7.25. The Bertz CT molecular complexity index is 308. The molecule has 1 saturated carbocycles. The minimum absolute atomic E-state index is 0.000231. The van der Waals surface area contributed by atoms with Gasteiger partial charge in [-0.2, -0.15) is 0 Å². The number of rotatable bonds is 2. The van der Waals surface area contributed by atoms with E-state index in [1.54, 1.807) is 0 Å². The number of nitrogens with one attached hydrogen (secondary N) is 3. The lowest BCUT2D eigenvalue weighted by atomic mass is 10.2. The molecule has 2 aliphatic heterocycles. The van der Waals surface area contributed by atoms with E-state index in [0.29, 0.717) is 30.7 Å². The van der Waals surface area contributed by atoms with E-state index in [4.69, 9.17) is 0 Å². The molecule has 1 aliphatic carbocycles. The molecule has 2 amide bonds. The molecule has 5 nitrogen and oxygen atoms in total. The molecule has 3 aliphatic rings. The van der Waals surface area contributed by atoms with Gasteiger partial charge in [-0.1, -0.05) is 0 Å². The van der Waals surface area contributed by atoms with E-state index < -0.39 is 0 Å². The third-order valence-corrected chi connectivity index (χ3v) is 3.71. The van der Waals surface area contributed by atoms with Crippen molar-refractivity contribution in [1.82, 2.24) is 16.0 Å². The van der Waals surface area contributed by atoms with E-state index in [1.165, 1.54) is 0 Å². The average molecular weight is 209 g/mol. The Morgan fingerprint density at radius 1 is 1.33 bits per heavy atom. The highest BCUT2D eigenvalue weighted by atomic mass is 16.2. The van der Waals surface area contributed by atoms with Crippen LogP contribution < -0.4 is 16.0 Å². The summed E-state index contributed by atoms with van der Waals surface area (Å²) in [6.07, 6.45) is 1.13. The molecule has 2 unspecified atom stereocenters. The van der Waals surface area contributed by atoms with Crippen molar-refractivity contribution < 1.29 is 9.59 Å². The van der Waals surface area contributed by atoms with Crippen molar-refractivity contribution in [1.29, 1.82) is 0 Å². The van der Waals surface area contributed by atoms with Gasteiger partial charge in [-0.05, 0) is 18.3 Å². The molecule has 0 aromatic heterocycles. The van der Waals surface area contributed by atoms with Gasteiger partial charge in [0, 0.05) is 25.6 Å². The Morgan fingerprint density at radius 3 is 2.67 bits per heavy atom. The minimum atomic E-state index is -0.285. The molecule has 15 heavy (non-hydrogen) atoms.